The van der Waals surface area contributed by atoms with Crippen LogP contribution in [0.25, 0.3) is 11.3 Å². The Hall–Kier alpha value is -2.51. The quantitative estimate of drug-likeness (QED) is 0.802. The third-order valence-electron chi connectivity index (χ3n) is 2.91. The summed E-state index contributed by atoms with van der Waals surface area (Å²) in [7, 11) is 0. The number of anilines is 2. The molecule has 2 heterocycles. The normalized spacial score (nSPS) is 13.6. The molecule has 0 bridgehead atoms. The topological polar surface area (TPSA) is 85.2 Å². The lowest BCUT2D eigenvalue weighted by Gasteiger charge is -2.21. The number of rotatable bonds is 3. The van der Waals surface area contributed by atoms with Gasteiger partial charge in [0.1, 0.15) is 18.1 Å². The second-order valence-electron chi connectivity index (χ2n) is 4.20. The van der Waals surface area contributed by atoms with Gasteiger partial charge in [-0.2, -0.15) is 13.9 Å². The molecule has 2 aromatic rings. The molecule has 1 aromatic heterocycles. The third-order valence-corrected chi connectivity index (χ3v) is 2.91. The molecule has 0 atom stereocenters. The monoisotopic (exact) mass is 282 g/mol. The van der Waals surface area contributed by atoms with Gasteiger partial charge in [0.25, 0.3) is 0 Å². The molecule has 0 saturated carbocycles. The fourth-order valence-corrected chi connectivity index (χ4v) is 2.06. The van der Waals surface area contributed by atoms with Crippen molar-refractivity contribution >= 4 is 11.4 Å². The Kier molecular flexibility index (Phi) is 3.05. The Labute approximate surface area is 112 Å². The van der Waals surface area contributed by atoms with Crippen molar-refractivity contribution in [3.05, 3.63) is 18.3 Å². The molecule has 0 radical (unpaired) electrons. The predicted octanol–water partition coefficient (Wildman–Crippen LogP) is 2.06. The van der Waals surface area contributed by atoms with Gasteiger partial charge in [0.05, 0.1) is 23.3 Å². The first-order chi connectivity index (χ1) is 9.65. The molecule has 106 valence electrons. The summed E-state index contributed by atoms with van der Waals surface area (Å²) in [6.07, 6.45) is 1.40. The Balaban J connectivity index is 2.12. The zero-order chi connectivity index (χ0) is 14.1. The SMILES string of the molecule is Nc1cn[nH]c1-c1cc2c(cc1OC(F)F)NCCO2. The van der Waals surface area contributed by atoms with Crippen molar-refractivity contribution in [3.63, 3.8) is 0 Å². The van der Waals surface area contributed by atoms with Gasteiger partial charge in [-0.05, 0) is 6.07 Å². The highest BCUT2D eigenvalue weighted by Crippen LogP contribution is 2.41. The van der Waals surface area contributed by atoms with E-state index in [0.717, 1.165) is 0 Å². The number of hydrogen-bond acceptors (Lipinski definition) is 5. The first-order valence-corrected chi connectivity index (χ1v) is 5.94. The van der Waals surface area contributed by atoms with E-state index in [9.17, 15) is 8.78 Å². The van der Waals surface area contributed by atoms with Gasteiger partial charge in [0.15, 0.2) is 0 Å². The number of nitrogens with one attached hydrogen (secondary N) is 2. The van der Waals surface area contributed by atoms with Gasteiger partial charge in [-0.25, -0.2) is 0 Å². The van der Waals surface area contributed by atoms with Gasteiger partial charge >= 0.3 is 6.61 Å². The second kappa shape index (κ2) is 4.87. The van der Waals surface area contributed by atoms with E-state index in [1.54, 1.807) is 6.07 Å². The number of nitrogens with zero attached hydrogens (tertiary/aromatic N) is 1. The summed E-state index contributed by atoms with van der Waals surface area (Å²) >= 11 is 0. The number of ether oxygens (including phenoxy) is 2. The van der Waals surface area contributed by atoms with E-state index >= 15 is 0 Å². The number of nitrogen functional groups attached to an aromatic ring is 1. The number of nitrogens with two attached hydrogens (primary N) is 1. The van der Waals surface area contributed by atoms with Crippen LogP contribution >= 0.6 is 0 Å². The molecule has 1 aromatic carbocycles. The van der Waals surface area contributed by atoms with Gasteiger partial charge in [-0.1, -0.05) is 0 Å². The van der Waals surface area contributed by atoms with Gasteiger partial charge in [0, 0.05) is 18.2 Å². The number of alkyl halides is 2. The highest BCUT2D eigenvalue weighted by atomic mass is 19.3. The molecule has 0 saturated heterocycles. The van der Waals surface area contributed by atoms with Gasteiger partial charge in [-0.15, -0.1) is 0 Å². The molecule has 0 spiro atoms. The van der Waals surface area contributed by atoms with Crippen LogP contribution in [0.2, 0.25) is 0 Å². The Bertz CT molecular complexity index is 630. The van der Waals surface area contributed by atoms with Crippen LogP contribution in [-0.4, -0.2) is 30.0 Å². The van der Waals surface area contributed by atoms with E-state index in [2.05, 4.69) is 20.3 Å². The van der Waals surface area contributed by atoms with E-state index in [1.165, 1.54) is 12.3 Å². The van der Waals surface area contributed by atoms with E-state index in [4.69, 9.17) is 10.5 Å². The molecular formula is C12H12F2N4O2. The summed E-state index contributed by atoms with van der Waals surface area (Å²) < 4.78 is 35.1. The second-order valence-corrected chi connectivity index (χ2v) is 4.20. The fourth-order valence-electron chi connectivity index (χ4n) is 2.06. The zero-order valence-electron chi connectivity index (χ0n) is 10.3. The number of fused-ring (bicyclic) bond motifs is 1. The van der Waals surface area contributed by atoms with Crippen LogP contribution in [-0.2, 0) is 0 Å². The summed E-state index contributed by atoms with van der Waals surface area (Å²) in [6, 6.07) is 3.07. The van der Waals surface area contributed by atoms with Crippen molar-refractivity contribution in [3.8, 4) is 22.8 Å². The van der Waals surface area contributed by atoms with Crippen molar-refractivity contribution in [1.82, 2.24) is 10.2 Å². The lowest BCUT2D eigenvalue weighted by atomic mass is 10.1. The standard InChI is InChI=1S/C12H12F2N4O2/c13-12(14)20-9-4-8-10(19-2-1-16-8)3-6(9)11-7(15)5-17-18-11/h3-5,12,16H,1-2,15H2,(H,17,18). The molecule has 0 aliphatic carbocycles. The maximum atomic E-state index is 12.5. The van der Waals surface area contributed by atoms with Gasteiger partial charge in [0.2, 0.25) is 0 Å². The summed E-state index contributed by atoms with van der Waals surface area (Å²) in [5.41, 5.74) is 7.49. The maximum Gasteiger partial charge on any atom is 0.387 e. The first kappa shape index (κ1) is 12.5. The highest BCUT2D eigenvalue weighted by molar-refractivity contribution is 5.81. The van der Waals surface area contributed by atoms with Crippen molar-refractivity contribution in [1.29, 1.82) is 0 Å². The molecule has 1 aliphatic rings. The average molecular weight is 282 g/mol. The van der Waals surface area contributed by atoms with E-state index in [0.29, 0.717) is 41.5 Å². The number of halogens is 2. The molecule has 0 unspecified atom stereocenters. The van der Waals surface area contributed by atoms with Crippen molar-refractivity contribution in [2.45, 2.75) is 6.61 Å². The molecular weight excluding hydrogens is 270 g/mol. The Morgan fingerprint density at radius 2 is 2.25 bits per heavy atom. The molecule has 20 heavy (non-hydrogen) atoms. The first-order valence-electron chi connectivity index (χ1n) is 5.94. The van der Waals surface area contributed by atoms with Crippen molar-refractivity contribution in [2.24, 2.45) is 0 Å². The number of H-pyrrole nitrogens is 1. The molecule has 0 amide bonds. The average Bonchev–Trinajstić information content (AvgIpc) is 2.83. The smallest absolute Gasteiger partial charge is 0.387 e. The van der Waals surface area contributed by atoms with Crippen LogP contribution in [0.5, 0.6) is 11.5 Å². The minimum atomic E-state index is -2.93. The van der Waals surface area contributed by atoms with Crippen LogP contribution in [0.3, 0.4) is 0 Å². The summed E-state index contributed by atoms with van der Waals surface area (Å²) in [5, 5.41) is 9.50. The molecule has 8 heteroatoms. The van der Waals surface area contributed by atoms with Crippen LogP contribution in [0.15, 0.2) is 18.3 Å². The molecule has 3 rings (SSSR count). The van der Waals surface area contributed by atoms with Crippen LogP contribution in [0, 0.1) is 0 Å². The number of aromatic amines is 1. The summed E-state index contributed by atoms with van der Waals surface area (Å²) in [6.45, 7) is -1.83. The van der Waals surface area contributed by atoms with Crippen molar-refractivity contribution in [2.75, 3.05) is 24.2 Å². The Morgan fingerprint density at radius 1 is 1.40 bits per heavy atom. The lowest BCUT2D eigenvalue weighted by molar-refractivity contribution is -0.0494. The molecule has 4 N–H and O–H groups in total. The van der Waals surface area contributed by atoms with Crippen LogP contribution < -0.4 is 20.5 Å². The summed E-state index contributed by atoms with van der Waals surface area (Å²) in [4.78, 5) is 0. The molecule has 0 fully saturated rings. The highest BCUT2D eigenvalue weighted by Gasteiger charge is 2.20. The van der Waals surface area contributed by atoms with Crippen molar-refractivity contribution < 1.29 is 18.3 Å². The third kappa shape index (κ3) is 2.20. The zero-order valence-corrected chi connectivity index (χ0v) is 10.3. The maximum absolute atomic E-state index is 12.5. The predicted molar refractivity (Wildman–Crippen MR) is 69.1 cm³/mol. The minimum Gasteiger partial charge on any atom is -0.490 e. The number of hydrogen-bond donors (Lipinski definition) is 3. The molecule has 1 aliphatic heterocycles. The van der Waals surface area contributed by atoms with E-state index in [-0.39, 0.29) is 5.75 Å². The minimum absolute atomic E-state index is 0.00713. The Morgan fingerprint density at radius 3 is 2.95 bits per heavy atom. The van der Waals surface area contributed by atoms with Crippen LogP contribution in [0.4, 0.5) is 20.2 Å². The lowest BCUT2D eigenvalue weighted by Crippen LogP contribution is -2.18. The van der Waals surface area contributed by atoms with Gasteiger partial charge < -0.3 is 20.5 Å². The number of aromatic nitrogens is 2. The van der Waals surface area contributed by atoms with Crippen LogP contribution in [0.1, 0.15) is 0 Å². The summed E-state index contributed by atoms with van der Waals surface area (Å²) in [5.74, 6) is 0.564. The number of benzene rings is 1. The fraction of sp³-hybridized carbons (Fsp3) is 0.250. The van der Waals surface area contributed by atoms with E-state index in [1.807, 2.05) is 0 Å². The largest absolute Gasteiger partial charge is 0.490 e. The molecule has 6 nitrogen and oxygen atoms in total. The van der Waals surface area contributed by atoms with E-state index < -0.39 is 6.61 Å². The van der Waals surface area contributed by atoms with Gasteiger partial charge in [-0.3, -0.25) is 5.10 Å².